The standard InChI is InChI=1S/C24H32N2O/c1-19(2)21-13-10-20(11-14-21)12-15-24(27)25(3)18-22-8-4-5-9-23(22)26-16-6-7-17-26/h4-5,8-11,13-14,19H,6-7,12,15-18H2,1-3H3. The number of carbonyl (C=O) groups excluding carboxylic acids is 1. The van der Waals surface area contributed by atoms with E-state index in [-0.39, 0.29) is 5.91 Å². The molecule has 144 valence electrons. The molecular formula is C24H32N2O. The number of hydrogen-bond donors (Lipinski definition) is 0. The molecule has 1 fully saturated rings. The average molecular weight is 365 g/mol. The molecule has 1 saturated heterocycles. The molecule has 3 nitrogen and oxygen atoms in total. The number of para-hydroxylation sites is 1. The topological polar surface area (TPSA) is 23.6 Å². The van der Waals surface area contributed by atoms with Crippen LogP contribution < -0.4 is 4.90 Å². The number of carbonyl (C=O) groups is 1. The van der Waals surface area contributed by atoms with Crippen LogP contribution in [-0.4, -0.2) is 30.9 Å². The molecule has 0 saturated carbocycles. The Labute approximate surface area is 164 Å². The molecule has 1 aliphatic rings. The van der Waals surface area contributed by atoms with Crippen molar-refractivity contribution in [1.82, 2.24) is 4.90 Å². The van der Waals surface area contributed by atoms with Crippen molar-refractivity contribution in [1.29, 1.82) is 0 Å². The second-order valence-electron chi connectivity index (χ2n) is 7.97. The third kappa shape index (κ3) is 5.12. The molecule has 0 N–H and O–H groups in total. The Bertz CT molecular complexity index is 745. The summed E-state index contributed by atoms with van der Waals surface area (Å²) >= 11 is 0. The lowest BCUT2D eigenvalue weighted by Gasteiger charge is -2.24. The zero-order valence-corrected chi connectivity index (χ0v) is 16.9. The molecule has 3 rings (SSSR count). The zero-order chi connectivity index (χ0) is 19.2. The van der Waals surface area contributed by atoms with E-state index in [9.17, 15) is 4.79 Å². The van der Waals surface area contributed by atoms with Crippen molar-refractivity contribution in [2.75, 3.05) is 25.0 Å². The van der Waals surface area contributed by atoms with Crippen molar-refractivity contribution < 1.29 is 4.79 Å². The van der Waals surface area contributed by atoms with Gasteiger partial charge in [0.25, 0.3) is 0 Å². The van der Waals surface area contributed by atoms with Crippen LogP contribution in [0.4, 0.5) is 5.69 Å². The molecule has 1 aliphatic heterocycles. The summed E-state index contributed by atoms with van der Waals surface area (Å²) in [5.74, 6) is 0.752. The van der Waals surface area contributed by atoms with E-state index in [1.807, 2.05) is 11.9 Å². The van der Waals surface area contributed by atoms with Crippen LogP contribution in [0.15, 0.2) is 48.5 Å². The number of amides is 1. The summed E-state index contributed by atoms with van der Waals surface area (Å²) in [4.78, 5) is 17.0. The predicted octanol–water partition coefficient (Wildman–Crippen LogP) is 5.00. The minimum Gasteiger partial charge on any atom is -0.371 e. The number of nitrogens with zero attached hydrogens (tertiary/aromatic N) is 2. The van der Waals surface area contributed by atoms with Crippen molar-refractivity contribution in [2.45, 2.75) is 52.0 Å². The Morgan fingerprint density at radius 1 is 1.04 bits per heavy atom. The smallest absolute Gasteiger partial charge is 0.222 e. The maximum absolute atomic E-state index is 12.6. The van der Waals surface area contributed by atoms with Crippen molar-refractivity contribution in [2.24, 2.45) is 0 Å². The second-order valence-corrected chi connectivity index (χ2v) is 7.97. The van der Waals surface area contributed by atoms with Gasteiger partial charge in [0.2, 0.25) is 5.91 Å². The van der Waals surface area contributed by atoms with E-state index in [1.54, 1.807) is 0 Å². The Kier molecular flexibility index (Phi) is 6.54. The van der Waals surface area contributed by atoms with Crippen molar-refractivity contribution >= 4 is 11.6 Å². The van der Waals surface area contributed by atoms with Gasteiger partial charge in [-0.3, -0.25) is 4.79 Å². The van der Waals surface area contributed by atoms with Crippen LogP contribution in [-0.2, 0) is 17.8 Å². The molecule has 0 spiro atoms. The van der Waals surface area contributed by atoms with Crippen molar-refractivity contribution in [3.05, 3.63) is 65.2 Å². The quantitative estimate of drug-likeness (QED) is 0.690. The Morgan fingerprint density at radius 2 is 1.70 bits per heavy atom. The third-order valence-electron chi connectivity index (χ3n) is 5.55. The monoisotopic (exact) mass is 364 g/mol. The molecule has 0 radical (unpaired) electrons. The summed E-state index contributed by atoms with van der Waals surface area (Å²) in [6, 6.07) is 17.2. The second kappa shape index (κ2) is 9.07. The number of hydrogen-bond acceptors (Lipinski definition) is 2. The molecule has 1 heterocycles. The van der Waals surface area contributed by atoms with Gasteiger partial charge in [-0.2, -0.15) is 0 Å². The third-order valence-corrected chi connectivity index (χ3v) is 5.55. The molecule has 0 bridgehead atoms. The van der Waals surface area contributed by atoms with Gasteiger partial charge in [-0.25, -0.2) is 0 Å². The first-order valence-corrected chi connectivity index (χ1v) is 10.2. The lowest BCUT2D eigenvalue weighted by molar-refractivity contribution is -0.130. The van der Waals surface area contributed by atoms with E-state index in [2.05, 4.69) is 67.3 Å². The van der Waals surface area contributed by atoms with Crippen LogP contribution in [0.1, 0.15) is 55.7 Å². The van der Waals surface area contributed by atoms with Crippen molar-refractivity contribution in [3.8, 4) is 0 Å². The number of aryl methyl sites for hydroxylation is 1. The Hall–Kier alpha value is -2.29. The van der Waals surface area contributed by atoms with Crippen LogP contribution in [0.5, 0.6) is 0 Å². The molecule has 2 aromatic carbocycles. The first-order chi connectivity index (χ1) is 13.0. The van der Waals surface area contributed by atoms with Gasteiger partial charge in [0, 0.05) is 38.8 Å². The summed E-state index contributed by atoms with van der Waals surface area (Å²) in [6.07, 6.45) is 3.89. The highest BCUT2D eigenvalue weighted by Crippen LogP contribution is 2.25. The number of anilines is 1. The van der Waals surface area contributed by atoms with Gasteiger partial charge in [-0.05, 0) is 47.9 Å². The van der Waals surface area contributed by atoms with E-state index in [0.717, 1.165) is 19.5 Å². The maximum Gasteiger partial charge on any atom is 0.222 e. The zero-order valence-electron chi connectivity index (χ0n) is 16.9. The lowest BCUT2D eigenvalue weighted by Crippen LogP contribution is -2.28. The first kappa shape index (κ1) is 19.5. The maximum atomic E-state index is 12.6. The van der Waals surface area contributed by atoms with E-state index in [0.29, 0.717) is 18.9 Å². The average Bonchev–Trinajstić information content (AvgIpc) is 3.21. The fraction of sp³-hybridized carbons (Fsp3) is 0.458. The highest BCUT2D eigenvalue weighted by molar-refractivity contribution is 5.76. The summed E-state index contributed by atoms with van der Waals surface area (Å²) < 4.78 is 0. The van der Waals surface area contributed by atoms with Gasteiger partial charge in [0.05, 0.1) is 0 Å². The van der Waals surface area contributed by atoms with Gasteiger partial charge in [-0.1, -0.05) is 56.3 Å². The van der Waals surface area contributed by atoms with Crippen LogP contribution >= 0.6 is 0 Å². The summed E-state index contributed by atoms with van der Waals surface area (Å²) in [7, 11) is 1.92. The van der Waals surface area contributed by atoms with E-state index in [4.69, 9.17) is 0 Å². The summed E-state index contributed by atoms with van der Waals surface area (Å²) in [6.45, 7) is 7.33. The fourth-order valence-electron chi connectivity index (χ4n) is 3.77. The van der Waals surface area contributed by atoms with Crippen molar-refractivity contribution in [3.63, 3.8) is 0 Å². The van der Waals surface area contributed by atoms with Gasteiger partial charge in [-0.15, -0.1) is 0 Å². The molecule has 0 aliphatic carbocycles. The van der Waals surface area contributed by atoms with Gasteiger partial charge in [0.15, 0.2) is 0 Å². The molecule has 0 aromatic heterocycles. The normalized spacial score (nSPS) is 14.0. The van der Waals surface area contributed by atoms with Crippen LogP contribution in [0.2, 0.25) is 0 Å². The highest BCUT2D eigenvalue weighted by Gasteiger charge is 2.17. The summed E-state index contributed by atoms with van der Waals surface area (Å²) in [5.41, 5.74) is 5.12. The number of benzene rings is 2. The highest BCUT2D eigenvalue weighted by atomic mass is 16.2. The molecule has 1 amide bonds. The molecule has 27 heavy (non-hydrogen) atoms. The summed E-state index contributed by atoms with van der Waals surface area (Å²) in [5, 5.41) is 0. The van der Waals surface area contributed by atoms with Crippen LogP contribution in [0.3, 0.4) is 0 Å². The van der Waals surface area contributed by atoms with E-state index >= 15 is 0 Å². The molecule has 2 aromatic rings. The lowest BCUT2D eigenvalue weighted by atomic mass is 10.00. The minimum atomic E-state index is 0.208. The van der Waals surface area contributed by atoms with Crippen LogP contribution in [0.25, 0.3) is 0 Å². The van der Waals surface area contributed by atoms with Gasteiger partial charge in [0.1, 0.15) is 0 Å². The first-order valence-electron chi connectivity index (χ1n) is 10.2. The molecule has 0 unspecified atom stereocenters. The molecule has 3 heteroatoms. The van der Waals surface area contributed by atoms with E-state index in [1.165, 1.54) is 35.2 Å². The molecular weight excluding hydrogens is 332 g/mol. The fourth-order valence-corrected chi connectivity index (χ4v) is 3.77. The van der Waals surface area contributed by atoms with Crippen LogP contribution in [0, 0.1) is 0 Å². The Balaban J connectivity index is 1.56. The number of rotatable bonds is 7. The SMILES string of the molecule is CC(C)c1ccc(CCC(=O)N(C)Cc2ccccc2N2CCCC2)cc1. The Morgan fingerprint density at radius 3 is 2.37 bits per heavy atom. The molecule has 0 atom stereocenters. The predicted molar refractivity (Wildman–Crippen MR) is 113 cm³/mol. The van der Waals surface area contributed by atoms with Gasteiger partial charge < -0.3 is 9.80 Å². The largest absolute Gasteiger partial charge is 0.371 e. The van der Waals surface area contributed by atoms with E-state index < -0.39 is 0 Å². The minimum absolute atomic E-state index is 0.208. The van der Waals surface area contributed by atoms with Gasteiger partial charge >= 0.3 is 0 Å².